The molecule has 0 aliphatic rings. The Morgan fingerprint density at radius 1 is 0.633 bits per heavy atom. The van der Waals surface area contributed by atoms with E-state index in [2.05, 4.69) is 98.1 Å². The lowest BCUT2D eigenvalue weighted by atomic mass is 10.0. The van der Waals surface area contributed by atoms with E-state index in [-0.39, 0.29) is 5.54 Å². The Balaban J connectivity index is 1.69. The molecule has 30 heavy (non-hydrogen) atoms. The second-order valence-electron chi connectivity index (χ2n) is 9.04. The van der Waals surface area contributed by atoms with Crippen molar-refractivity contribution in [2.45, 2.75) is 26.3 Å². The van der Waals surface area contributed by atoms with Gasteiger partial charge in [0.05, 0.1) is 5.52 Å². The third-order valence-electron chi connectivity index (χ3n) is 6.06. The fourth-order valence-corrected chi connectivity index (χ4v) is 4.84. The lowest BCUT2D eigenvalue weighted by molar-refractivity contribution is 0.423. The van der Waals surface area contributed by atoms with Gasteiger partial charge in [-0.3, -0.25) is 0 Å². The number of nitrogens with zero attached hydrogens (tertiary/aromatic N) is 1. The molecule has 0 saturated heterocycles. The summed E-state index contributed by atoms with van der Waals surface area (Å²) < 4.78 is 8.76. The molecule has 0 saturated carbocycles. The van der Waals surface area contributed by atoms with E-state index >= 15 is 0 Å². The second kappa shape index (κ2) is 5.99. The molecule has 0 unspecified atom stereocenters. The molecule has 6 rings (SSSR count). The molecule has 0 atom stereocenters. The molecule has 0 aliphatic carbocycles. The Labute approximate surface area is 175 Å². The van der Waals surface area contributed by atoms with E-state index < -0.39 is 0 Å². The van der Waals surface area contributed by atoms with Gasteiger partial charge >= 0.3 is 0 Å². The third-order valence-corrected chi connectivity index (χ3v) is 6.06. The monoisotopic (exact) mass is 389 g/mol. The first-order valence-corrected chi connectivity index (χ1v) is 10.5. The Morgan fingerprint density at radius 3 is 2.17 bits per heavy atom. The van der Waals surface area contributed by atoms with Crippen LogP contribution < -0.4 is 0 Å². The van der Waals surface area contributed by atoms with E-state index in [9.17, 15) is 0 Å². The van der Waals surface area contributed by atoms with Gasteiger partial charge in [0.15, 0.2) is 0 Å². The highest BCUT2D eigenvalue weighted by Crippen LogP contribution is 2.39. The number of fused-ring (bicyclic) bond motifs is 6. The summed E-state index contributed by atoms with van der Waals surface area (Å²) >= 11 is 0. The van der Waals surface area contributed by atoms with Crippen LogP contribution in [0.2, 0.25) is 0 Å². The molecule has 0 radical (unpaired) electrons. The molecule has 146 valence electrons. The maximum atomic E-state index is 6.30. The molecular formula is C28H23NO. The predicted octanol–water partition coefficient (Wildman–Crippen LogP) is 8.12. The number of para-hydroxylation sites is 3. The molecule has 4 aromatic carbocycles. The zero-order chi connectivity index (χ0) is 20.5. The first-order chi connectivity index (χ1) is 14.5. The van der Waals surface area contributed by atoms with Crippen molar-refractivity contribution in [1.82, 2.24) is 4.57 Å². The number of rotatable bonds is 1. The van der Waals surface area contributed by atoms with Gasteiger partial charge < -0.3 is 8.98 Å². The highest BCUT2D eigenvalue weighted by molar-refractivity contribution is 6.12. The quantitative estimate of drug-likeness (QED) is 0.278. The summed E-state index contributed by atoms with van der Waals surface area (Å²) in [6.45, 7) is 6.81. The molecule has 0 aliphatic heterocycles. The molecule has 2 heterocycles. The molecule has 0 spiro atoms. The Morgan fingerprint density at radius 2 is 1.33 bits per heavy atom. The largest absolute Gasteiger partial charge is 0.455 e. The van der Waals surface area contributed by atoms with Crippen LogP contribution in [0.1, 0.15) is 20.8 Å². The van der Waals surface area contributed by atoms with E-state index in [1.165, 1.54) is 38.1 Å². The van der Waals surface area contributed by atoms with Gasteiger partial charge in [0, 0.05) is 38.2 Å². The molecule has 2 heteroatoms. The SMILES string of the molecule is CC(C)(C)n1c2ccccc2c2ccc(-c3cccc4c3oc3ccccc34)cc21. The minimum Gasteiger partial charge on any atom is -0.455 e. The summed E-state index contributed by atoms with van der Waals surface area (Å²) in [5.41, 5.74) is 6.72. The van der Waals surface area contributed by atoms with Crippen molar-refractivity contribution in [3.8, 4) is 11.1 Å². The van der Waals surface area contributed by atoms with E-state index in [1.807, 2.05) is 12.1 Å². The van der Waals surface area contributed by atoms with Gasteiger partial charge in [0.25, 0.3) is 0 Å². The summed E-state index contributed by atoms with van der Waals surface area (Å²) in [6, 6.07) is 30.2. The molecule has 0 amide bonds. The van der Waals surface area contributed by atoms with Crippen LogP contribution in [-0.4, -0.2) is 4.57 Å². The zero-order valence-corrected chi connectivity index (χ0v) is 17.4. The number of hydrogen-bond acceptors (Lipinski definition) is 1. The summed E-state index contributed by atoms with van der Waals surface area (Å²) in [6.07, 6.45) is 0. The Kier molecular flexibility index (Phi) is 3.47. The van der Waals surface area contributed by atoms with Crippen LogP contribution >= 0.6 is 0 Å². The van der Waals surface area contributed by atoms with Crippen LogP contribution in [0, 0.1) is 0 Å². The highest BCUT2D eigenvalue weighted by Gasteiger charge is 2.21. The Hall–Kier alpha value is -3.52. The van der Waals surface area contributed by atoms with Gasteiger partial charge in [0.1, 0.15) is 11.2 Å². The highest BCUT2D eigenvalue weighted by atomic mass is 16.3. The van der Waals surface area contributed by atoms with Gasteiger partial charge in [-0.05, 0) is 44.5 Å². The normalized spacial score (nSPS) is 12.5. The minimum absolute atomic E-state index is 0.0225. The van der Waals surface area contributed by atoms with Gasteiger partial charge in [-0.2, -0.15) is 0 Å². The van der Waals surface area contributed by atoms with Crippen molar-refractivity contribution < 1.29 is 4.42 Å². The third kappa shape index (κ3) is 2.37. The lowest BCUT2D eigenvalue weighted by Gasteiger charge is -2.24. The summed E-state index contributed by atoms with van der Waals surface area (Å²) in [5.74, 6) is 0. The Bertz CT molecular complexity index is 1570. The van der Waals surface area contributed by atoms with Crippen LogP contribution in [0.25, 0.3) is 54.9 Å². The molecular weight excluding hydrogens is 366 g/mol. The number of benzene rings is 4. The van der Waals surface area contributed by atoms with Crippen molar-refractivity contribution >= 4 is 43.7 Å². The summed E-state index contributed by atoms with van der Waals surface area (Å²) in [7, 11) is 0. The number of hydrogen-bond donors (Lipinski definition) is 0. The van der Waals surface area contributed by atoms with Gasteiger partial charge in [-0.15, -0.1) is 0 Å². The van der Waals surface area contributed by atoms with Gasteiger partial charge in [-0.25, -0.2) is 0 Å². The number of furan rings is 1. The van der Waals surface area contributed by atoms with Crippen molar-refractivity contribution in [1.29, 1.82) is 0 Å². The molecule has 0 N–H and O–H groups in total. The molecule has 0 fully saturated rings. The maximum Gasteiger partial charge on any atom is 0.143 e. The summed E-state index contributed by atoms with van der Waals surface area (Å²) in [4.78, 5) is 0. The fourth-order valence-electron chi connectivity index (χ4n) is 4.84. The molecule has 2 aromatic heterocycles. The standard InChI is InChI=1S/C28H23NO/c1-28(2,3)29-24-13-6-4-9-20(24)21-16-15-18(17-25(21)29)19-11-8-12-23-22-10-5-7-14-26(22)30-27(19)23/h4-17H,1-3H3. The lowest BCUT2D eigenvalue weighted by Crippen LogP contribution is -2.21. The van der Waals surface area contributed by atoms with E-state index in [4.69, 9.17) is 4.42 Å². The average Bonchev–Trinajstić information content (AvgIpc) is 3.28. The molecule has 0 bridgehead atoms. The van der Waals surface area contributed by atoms with Crippen molar-refractivity contribution in [3.05, 3.63) is 84.9 Å². The minimum atomic E-state index is -0.0225. The van der Waals surface area contributed by atoms with Gasteiger partial charge in [0.2, 0.25) is 0 Å². The summed E-state index contributed by atoms with van der Waals surface area (Å²) in [5, 5.41) is 4.93. The topological polar surface area (TPSA) is 18.1 Å². The zero-order valence-electron chi connectivity index (χ0n) is 17.4. The first-order valence-electron chi connectivity index (χ1n) is 10.5. The van der Waals surface area contributed by atoms with Crippen LogP contribution in [0.4, 0.5) is 0 Å². The van der Waals surface area contributed by atoms with Crippen LogP contribution in [-0.2, 0) is 5.54 Å². The van der Waals surface area contributed by atoms with Crippen LogP contribution in [0.3, 0.4) is 0 Å². The maximum absolute atomic E-state index is 6.30. The van der Waals surface area contributed by atoms with Crippen LogP contribution in [0.15, 0.2) is 89.3 Å². The van der Waals surface area contributed by atoms with E-state index in [0.717, 1.165) is 16.7 Å². The predicted molar refractivity (Wildman–Crippen MR) is 127 cm³/mol. The number of aromatic nitrogens is 1. The molecule has 2 nitrogen and oxygen atoms in total. The van der Waals surface area contributed by atoms with Crippen LogP contribution in [0.5, 0.6) is 0 Å². The van der Waals surface area contributed by atoms with Gasteiger partial charge in [-0.1, -0.05) is 66.7 Å². The van der Waals surface area contributed by atoms with Crippen molar-refractivity contribution in [2.75, 3.05) is 0 Å². The van der Waals surface area contributed by atoms with E-state index in [1.54, 1.807) is 0 Å². The smallest absolute Gasteiger partial charge is 0.143 e. The first kappa shape index (κ1) is 17.3. The van der Waals surface area contributed by atoms with E-state index in [0.29, 0.717) is 0 Å². The van der Waals surface area contributed by atoms with Crippen molar-refractivity contribution in [3.63, 3.8) is 0 Å². The average molecular weight is 389 g/mol. The van der Waals surface area contributed by atoms with Crippen molar-refractivity contribution in [2.24, 2.45) is 0 Å². The second-order valence-corrected chi connectivity index (χ2v) is 9.04. The fraction of sp³-hybridized carbons (Fsp3) is 0.143. The molecule has 6 aromatic rings.